The Morgan fingerprint density at radius 2 is 1.67 bits per heavy atom. The number of carbonyl (C=O) groups excluding carboxylic acids is 2. The molecule has 2 atom stereocenters. The van der Waals surface area contributed by atoms with Gasteiger partial charge in [0.15, 0.2) is 17.2 Å². The van der Waals surface area contributed by atoms with E-state index in [0.717, 1.165) is 17.5 Å². The molecule has 12 nitrogen and oxygen atoms in total. The Morgan fingerprint density at radius 3 is 2.29 bits per heavy atom. The summed E-state index contributed by atoms with van der Waals surface area (Å²) in [5.74, 6) is 0.455. The van der Waals surface area contributed by atoms with Crippen LogP contribution in [0.4, 0.5) is 16.2 Å². The van der Waals surface area contributed by atoms with Gasteiger partial charge in [0.05, 0.1) is 50.4 Å². The van der Waals surface area contributed by atoms with E-state index in [9.17, 15) is 18.0 Å². The summed E-state index contributed by atoms with van der Waals surface area (Å²) >= 11 is 0. The first-order valence-electron chi connectivity index (χ1n) is 16.4. The molecule has 0 spiro atoms. The molecule has 0 unspecified atom stereocenters. The number of carbonyl (C=O) groups is 2. The van der Waals surface area contributed by atoms with Gasteiger partial charge in [0.1, 0.15) is 12.3 Å². The lowest BCUT2D eigenvalue weighted by molar-refractivity contribution is -0.140. The van der Waals surface area contributed by atoms with Gasteiger partial charge in [-0.2, -0.15) is 8.42 Å². The van der Waals surface area contributed by atoms with Gasteiger partial charge in [0, 0.05) is 31.6 Å². The van der Waals surface area contributed by atoms with Crippen LogP contribution in [0.2, 0.25) is 0 Å². The summed E-state index contributed by atoms with van der Waals surface area (Å²) in [6.45, 7) is 9.06. The fraction of sp³-hybridized carbons (Fsp3) is 0.342. The molecule has 270 valence electrons. The quantitative estimate of drug-likeness (QED) is 0.105. The maximum atomic E-state index is 13.9. The summed E-state index contributed by atoms with van der Waals surface area (Å²) in [5, 5.41) is 0. The molecule has 5 rings (SSSR count). The molecule has 0 N–H and O–H groups in total. The summed E-state index contributed by atoms with van der Waals surface area (Å²) in [4.78, 5) is 35.1. The molecule has 51 heavy (non-hydrogen) atoms. The van der Waals surface area contributed by atoms with Crippen LogP contribution in [0.25, 0.3) is 0 Å². The molecule has 0 aliphatic carbocycles. The number of nitrogens with zero attached hydrogens (tertiary/aromatic N) is 3. The van der Waals surface area contributed by atoms with Crippen LogP contribution < -0.4 is 18.6 Å². The number of methoxy groups -OCH3 is 3. The highest BCUT2D eigenvalue weighted by Gasteiger charge is 2.55. The van der Waals surface area contributed by atoms with Crippen molar-refractivity contribution in [3.63, 3.8) is 0 Å². The van der Waals surface area contributed by atoms with Crippen LogP contribution in [-0.4, -0.2) is 84.4 Å². The SMILES string of the molecule is C=CCN(CC=C)c1ccc([C@]23CCN(C(=O)OCc4ccccc4)[C@@H](CCC(=O)OC)C2=Nc2c(OS(C)(=O)=O)cccc23)c(OC)c1OC. The van der Waals surface area contributed by atoms with Gasteiger partial charge < -0.3 is 28.0 Å². The molecule has 13 heteroatoms. The van der Waals surface area contributed by atoms with Crippen LogP contribution in [0, 0.1) is 0 Å². The maximum Gasteiger partial charge on any atom is 0.410 e. The van der Waals surface area contributed by atoms with Crippen LogP contribution in [0.5, 0.6) is 17.2 Å². The van der Waals surface area contributed by atoms with Crippen LogP contribution in [0.3, 0.4) is 0 Å². The predicted octanol–water partition coefficient (Wildman–Crippen LogP) is 5.96. The highest BCUT2D eigenvalue weighted by atomic mass is 32.2. The number of para-hydroxylation sites is 1. The van der Waals surface area contributed by atoms with Crippen LogP contribution in [0.15, 0.2) is 91.0 Å². The first kappa shape index (κ1) is 37.0. The molecule has 1 amide bonds. The lowest BCUT2D eigenvalue weighted by atomic mass is 9.64. The lowest BCUT2D eigenvalue weighted by Crippen LogP contribution is -2.58. The van der Waals surface area contributed by atoms with E-state index in [0.29, 0.717) is 53.5 Å². The summed E-state index contributed by atoms with van der Waals surface area (Å²) in [6, 6.07) is 17.5. The Bertz CT molecular complexity index is 1920. The maximum absolute atomic E-state index is 13.9. The van der Waals surface area contributed by atoms with E-state index in [1.165, 1.54) is 13.2 Å². The molecule has 2 heterocycles. The third-order valence-corrected chi connectivity index (χ3v) is 9.56. The number of ether oxygens (including phenoxy) is 4. The summed E-state index contributed by atoms with van der Waals surface area (Å²) in [6.07, 6.45) is 4.36. The molecule has 1 saturated heterocycles. The van der Waals surface area contributed by atoms with Crippen molar-refractivity contribution in [2.45, 2.75) is 37.3 Å². The van der Waals surface area contributed by atoms with Gasteiger partial charge in [0.2, 0.25) is 0 Å². The fourth-order valence-corrected chi connectivity index (χ4v) is 7.45. The third-order valence-electron chi connectivity index (χ3n) is 9.08. The van der Waals surface area contributed by atoms with Gasteiger partial charge in [-0.1, -0.05) is 60.7 Å². The van der Waals surface area contributed by atoms with Crippen molar-refractivity contribution < 1.29 is 41.1 Å². The van der Waals surface area contributed by atoms with Crippen molar-refractivity contribution in [2.24, 2.45) is 4.99 Å². The van der Waals surface area contributed by atoms with Crippen LogP contribution >= 0.6 is 0 Å². The molecule has 1 fully saturated rings. The molecule has 0 bridgehead atoms. The number of likely N-dealkylation sites (tertiary alicyclic amines) is 1. The summed E-state index contributed by atoms with van der Waals surface area (Å²) in [5.41, 5.74) is 2.61. The van der Waals surface area contributed by atoms with Crippen molar-refractivity contribution in [1.82, 2.24) is 4.90 Å². The minimum Gasteiger partial charge on any atom is -0.492 e. The van der Waals surface area contributed by atoms with E-state index < -0.39 is 33.6 Å². The lowest BCUT2D eigenvalue weighted by Gasteiger charge is -2.46. The standard InChI is InChI=1S/C38H43N3O9S/c1-7-22-40(23-8-2)29-18-17-28(34(47-4)35(29)48-5)38-21-24-41(37(43)49-25-26-13-10-9-11-14-26)30(19-20-32(42)46-3)36(38)39-33-27(38)15-12-16-31(33)50-51(6,44)45/h7-18,30H,1-2,19-25H2,3-6H3/t30-,38+/m0/s1. The minimum atomic E-state index is -3.94. The molecule has 0 radical (unpaired) electrons. The van der Waals surface area contributed by atoms with E-state index in [-0.39, 0.29) is 31.7 Å². The molecule has 2 aliphatic rings. The number of rotatable bonds is 15. The second-order valence-electron chi connectivity index (χ2n) is 12.1. The first-order chi connectivity index (χ1) is 24.5. The Hall–Kier alpha value is -5.30. The predicted molar refractivity (Wildman–Crippen MR) is 195 cm³/mol. The molecule has 2 aliphatic heterocycles. The Morgan fingerprint density at radius 1 is 0.961 bits per heavy atom. The van der Waals surface area contributed by atoms with E-state index in [2.05, 4.69) is 13.2 Å². The molecular formula is C38H43N3O9S. The van der Waals surface area contributed by atoms with Crippen molar-refractivity contribution in [3.05, 3.63) is 103 Å². The summed E-state index contributed by atoms with van der Waals surface area (Å²) < 4.78 is 53.2. The normalized spacial score (nSPS) is 17.7. The van der Waals surface area contributed by atoms with Gasteiger partial charge in [0.25, 0.3) is 0 Å². The number of hydrogen-bond donors (Lipinski definition) is 0. The number of benzene rings is 3. The van der Waals surface area contributed by atoms with Gasteiger partial charge in [-0.25, -0.2) is 4.79 Å². The first-order valence-corrected chi connectivity index (χ1v) is 18.2. The van der Waals surface area contributed by atoms with E-state index in [1.807, 2.05) is 53.4 Å². The monoisotopic (exact) mass is 717 g/mol. The fourth-order valence-electron chi connectivity index (χ4n) is 6.99. The largest absolute Gasteiger partial charge is 0.492 e. The number of hydrogen-bond acceptors (Lipinski definition) is 11. The Balaban J connectivity index is 1.72. The van der Waals surface area contributed by atoms with Gasteiger partial charge >= 0.3 is 22.2 Å². The van der Waals surface area contributed by atoms with Crippen LogP contribution in [0.1, 0.15) is 36.0 Å². The number of aliphatic imine (C=N–C) groups is 1. The van der Waals surface area contributed by atoms with E-state index in [4.69, 9.17) is 28.1 Å². The van der Waals surface area contributed by atoms with Gasteiger partial charge in [-0.05, 0) is 36.1 Å². The minimum absolute atomic E-state index is 0.0285. The van der Waals surface area contributed by atoms with Crippen molar-refractivity contribution in [3.8, 4) is 17.2 Å². The topological polar surface area (TPSA) is 133 Å². The zero-order valence-corrected chi connectivity index (χ0v) is 30.1. The average Bonchev–Trinajstić information content (AvgIpc) is 3.48. The van der Waals surface area contributed by atoms with Crippen molar-refractivity contribution in [1.29, 1.82) is 0 Å². The van der Waals surface area contributed by atoms with Crippen molar-refractivity contribution >= 4 is 39.3 Å². The second-order valence-corrected chi connectivity index (χ2v) is 13.7. The second kappa shape index (κ2) is 15.7. The van der Waals surface area contributed by atoms with Gasteiger partial charge in [-0.3, -0.25) is 14.7 Å². The molecule has 3 aromatic carbocycles. The molecule has 3 aromatic rings. The number of piperidine rings is 1. The Kier molecular flexibility index (Phi) is 11.4. The number of esters is 1. The third kappa shape index (κ3) is 7.43. The molecule has 0 aromatic heterocycles. The van der Waals surface area contributed by atoms with Crippen LogP contribution in [-0.2, 0) is 36.4 Å². The highest BCUT2D eigenvalue weighted by molar-refractivity contribution is 7.86. The molecular weight excluding hydrogens is 674 g/mol. The smallest absolute Gasteiger partial charge is 0.410 e. The average molecular weight is 718 g/mol. The van der Waals surface area contributed by atoms with E-state index in [1.54, 1.807) is 37.3 Å². The van der Waals surface area contributed by atoms with Gasteiger partial charge in [-0.15, -0.1) is 13.2 Å². The van der Waals surface area contributed by atoms with Crippen molar-refractivity contribution in [2.75, 3.05) is 52.1 Å². The van der Waals surface area contributed by atoms with E-state index >= 15 is 0 Å². The number of amides is 1. The molecule has 0 saturated carbocycles. The highest BCUT2D eigenvalue weighted by Crippen LogP contribution is 2.58. The zero-order valence-electron chi connectivity index (χ0n) is 29.3. The summed E-state index contributed by atoms with van der Waals surface area (Å²) in [7, 11) is 0.468. The zero-order chi connectivity index (χ0) is 36.8. The number of fused-ring (bicyclic) bond motifs is 3. The Labute approximate surface area is 299 Å². The number of anilines is 1.